The molecule has 0 spiro atoms. The number of nitrogens with zero attached hydrogens (tertiary/aromatic N) is 3. The second kappa shape index (κ2) is 8.06. The third-order valence-electron chi connectivity index (χ3n) is 3.65. The van der Waals surface area contributed by atoms with Crippen LogP contribution in [0.25, 0.3) is 17.1 Å². The van der Waals surface area contributed by atoms with E-state index in [0.717, 1.165) is 11.8 Å². The third kappa shape index (κ3) is 4.36. The van der Waals surface area contributed by atoms with Crippen LogP contribution in [0.2, 0.25) is 0 Å². The van der Waals surface area contributed by atoms with Gasteiger partial charge < -0.3 is 0 Å². The van der Waals surface area contributed by atoms with Gasteiger partial charge in [-0.1, -0.05) is 11.8 Å². The minimum absolute atomic E-state index is 0.00663. The van der Waals surface area contributed by atoms with Crippen molar-refractivity contribution in [1.29, 1.82) is 0 Å². The number of primary sulfonamides is 1. The van der Waals surface area contributed by atoms with Gasteiger partial charge in [-0.2, -0.15) is 0 Å². The molecule has 28 heavy (non-hydrogen) atoms. The number of nitrogens with two attached hydrogens (primary N) is 2. The number of aromatic nitrogens is 3. The van der Waals surface area contributed by atoms with Crippen molar-refractivity contribution in [3.63, 3.8) is 0 Å². The number of sulfonamides is 1. The van der Waals surface area contributed by atoms with Gasteiger partial charge >= 0.3 is 0 Å². The van der Waals surface area contributed by atoms with E-state index in [4.69, 9.17) is 11.0 Å². The first-order valence-corrected chi connectivity index (χ1v) is 10.3. The van der Waals surface area contributed by atoms with Gasteiger partial charge in [-0.05, 0) is 48.5 Å². The van der Waals surface area contributed by atoms with Crippen LogP contribution in [0.5, 0.6) is 0 Å². The molecule has 0 aliphatic rings. The summed E-state index contributed by atoms with van der Waals surface area (Å²) in [5.41, 5.74) is 3.14. The Morgan fingerprint density at radius 3 is 2.32 bits per heavy atom. The highest BCUT2D eigenvalue weighted by Crippen LogP contribution is 2.28. The van der Waals surface area contributed by atoms with E-state index in [1.807, 2.05) is 5.43 Å². The van der Waals surface area contributed by atoms with Crippen LogP contribution in [-0.2, 0) is 14.8 Å². The smallest absolute Gasteiger partial charge is 0.244 e. The predicted octanol–water partition coefficient (Wildman–Crippen LogP) is 0.803. The number of benzene rings is 2. The van der Waals surface area contributed by atoms with Crippen molar-refractivity contribution in [2.24, 2.45) is 11.0 Å². The number of nitrogens with one attached hydrogen (secondary N) is 1. The van der Waals surface area contributed by atoms with Crippen LogP contribution in [0.4, 0.5) is 4.39 Å². The maximum absolute atomic E-state index is 13.3. The Bertz CT molecular complexity index is 1100. The Balaban J connectivity index is 2.08. The largest absolute Gasteiger partial charge is 0.294 e. The van der Waals surface area contributed by atoms with Gasteiger partial charge in [0.1, 0.15) is 5.82 Å². The number of hydrazine groups is 1. The quantitative estimate of drug-likeness (QED) is 0.230. The second-order valence-corrected chi connectivity index (χ2v) is 8.05. The molecule has 0 saturated carbocycles. The van der Waals surface area contributed by atoms with Crippen molar-refractivity contribution in [2.45, 2.75) is 10.1 Å². The van der Waals surface area contributed by atoms with Crippen LogP contribution in [0.15, 0.2) is 58.6 Å². The lowest BCUT2D eigenvalue weighted by atomic mass is 10.2. The van der Waals surface area contributed by atoms with Crippen molar-refractivity contribution >= 4 is 27.7 Å². The second-order valence-electron chi connectivity index (χ2n) is 5.54. The summed E-state index contributed by atoms with van der Waals surface area (Å²) in [7, 11) is -3.84. The lowest BCUT2D eigenvalue weighted by Crippen LogP contribution is -2.31. The molecule has 1 amide bonds. The highest BCUT2D eigenvalue weighted by Gasteiger charge is 2.18. The van der Waals surface area contributed by atoms with E-state index in [9.17, 15) is 17.6 Å². The number of carbonyl (C=O) groups excluding carboxylic acids is 1. The molecule has 146 valence electrons. The molecule has 9 nitrogen and oxygen atoms in total. The van der Waals surface area contributed by atoms with Gasteiger partial charge in [0.25, 0.3) is 0 Å². The Hall–Kier alpha value is -2.80. The Labute approximate surface area is 164 Å². The fraction of sp³-hybridized carbons (Fsp3) is 0.0625. The van der Waals surface area contributed by atoms with Crippen molar-refractivity contribution < 1.29 is 17.6 Å². The Morgan fingerprint density at radius 2 is 1.75 bits per heavy atom. The number of hydrogen-bond acceptors (Lipinski definition) is 7. The average molecular weight is 422 g/mol. The molecule has 2 aromatic carbocycles. The van der Waals surface area contributed by atoms with E-state index < -0.39 is 21.7 Å². The molecule has 0 atom stereocenters. The van der Waals surface area contributed by atoms with Crippen molar-refractivity contribution in [3.8, 4) is 17.1 Å². The normalized spacial score (nSPS) is 11.4. The van der Waals surface area contributed by atoms with Gasteiger partial charge in [0.2, 0.25) is 15.9 Å². The summed E-state index contributed by atoms with van der Waals surface area (Å²) in [6.45, 7) is 0. The molecule has 0 saturated heterocycles. The Morgan fingerprint density at radius 1 is 1.11 bits per heavy atom. The monoisotopic (exact) mass is 422 g/mol. The molecule has 1 aromatic heterocycles. The number of carbonyl (C=O) groups is 1. The van der Waals surface area contributed by atoms with E-state index in [0.29, 0.717) is 22.2 Å². The molecule has 0 unspecified atom stereocenters. The van der Waals surface area contributed by atoms with Crippen LogP contribution < -0.4 is 16.4 Å². The molecule has 3 aromatic rings. The number of thioether (sulfide) groups is 1. The van der Waals surface area contributed by atoms with Gasteiger partial charge in [0.15, 0.2) is 11.0 Å². The highest BCUT2D eigenvalue weighted by molar-refractivity contribution is 7.99. The molecule has 0 aliphatic heterocycles. The summed E-state index contributed by atoms with van der Waals surface area (Å²) >= 11 is 1.08. The van der Waals surface area contributed by atoms with E-state index in [-0.39, 0.29) is 10.6 Å². The molecule has 5 N–H and O–H groups in total. The summed E-state index contributed by atoms with van der Waals surface area (Å²) in [5.74, 6) is 4.66. The molecule has 0 radical (unpaired) electrons. The van der Waals surface area contributed by atoms with Crippen molar-refractivity contribution in [2.75, 3.05) is 5.75 Å². The van der Waals surface area contributed by atoms with Gasteiger partial charge in [-0.25, -0.2) is 23.8 Å². The van der Waals surface area contributed by atoms with E-state index in [2.05, 4.69) is 10.2 Å². The number of amides is 1. The topological polar surface area (TPSA) is 146 Å². The molecule has 3 rings (SSSR count). The van der Waals surface area contributed by atoms with Gasteiger partial charge in [-0.15, -0.1) is 10.2 Å². The van der Waals surface area contributed by atoms with Crippen LogP contribution >= 0.6 is 11.8 Å². The summed E-state index contributed by atoms with van der Waals surface area (Å²) < 4.78 is 37.8. The van der Waals surface area contributed by atoms with Crippen molar-refractivity contribution in [3.05, 3.63) is 54.3 Å². The fourth-order valence-corrected chi connectivity index (χ4v) is 3.62. The SMILES string of the molecule is NNC(=O)CSc1nnc(-c2ccc(F)cc2)n1-c1ccc(S(N)(=O)=O)cc1. The zero-order chi connectivity index (χ0) is 20.3. The lowest BCUT2D eigenvalue weighted by molar-refractivity contribution is -0.118. The van der Waals surface area contributed by atoms with Gasteiger partial charge in [0, 0.05) is 11.3 Å². The molecule has 1 heterocycles. The van der Waals surface area contributed by atoms with Crippen LogP contribution in [-0.4, -0.2) is 34.8 Å². The minimum Gasteiger partial charge on any atom is -0.294 e. The molecule has 12 heteroatoms. The van der Waals surface area contributed by atoms with E-state index in [1.165, 1.54) is 48.5 Å². The van der Waals surface area contributed by atoms with Crippen LogP contribution in [0.3, 0.4) is 0 Å². The summed E-state index contributed by atoms with van der Waals surface area (Å²) in [4.78, 5) is 11.4. The first-order valence-electron chi connectivity index (χ1n) is 7.76. The number of hydrogen-bond donors (Lipinski definition) is 3. The van der Waals surface area contributed by atoms with Gasteiger partial charge in [0.05, 0.1) is 10.6 Å². The Kier molecular flexibility index (Phi) is 5.74. The number of halogens is 1. The first kappa shape index (κ1) is 19.9. The lowest BCUT2D eigenvalue weighted by Gasteiger charge is -2.11. The van der Waals surface area contributed by atoms with Crippen molar-refractivity contribution in [1.82, 2.24) is 20.2 Å². The third-order valence-corrected chi connectivity index (χ3v) is 5.51. The maximum Gasteiger partial charge on any atom is 0.244 e. The molecular weight excluding hydrogens is 407 g/mol. The maximum atomic E-state index is 13.3. The van der Waals surface area contributed by atoms with E-state index >= 15 is 0 Å². The average Bonchev–Trinajstić information content (AvgIpc) is 3.10. The minimum atomic E-state index is -3.84. The predicted molar refractivity (Wildman–Crippen MR) is 101 cm³/mol. The van der Waals surface area contributed by atoms with Crippen LogP contribution in [0.1, 0.15) is 0 Å². The van der Waals surface area contributed by atoms with Gasteiger partial charge in [-0.3, -0.25) is 14.8 Å². The summed E-state index contributed by atoms with van der Waals surface area (Å²) in [6, 6.07) is 11.4. The summed E-state index contributed by atoms with van der Waals surface area (Å²) in [5, 5.41) is 13.7. The summed E-state index contributed by atoms with van der Waals surface area (Å²) in [6.07, 6.45) is 0. The molecule has 0 aliphatic carbocycles. The molecular formula is C16H15FN6O3S2. The fourth-order valence-electron chi connectivity index (χ4n) is 2.34. The van der Waals surface area contributed by atoms with Crippen LogP contribution in [0, 0.1) is 5.82 Å². The molecule has 0 bridgehead atoms. The zero-order valence-electron chi connectivity index (χ0n) is 14.2. The standard InChI is InChI=1S/C16H15FN6O3S2/c17-11-3-1-10(2-4-11)15-21-22-16(27-9-14(24)20-18)23(15)12-5-7-13(8-6-12)28(19,25)26/h1-8H,9,18H2,(H,20,24)(H2,19,25,26). The molecule has 0 fully saturated rings. The highest BCUT2D eigenvalue weighted by atomic mass is 32.2. The number of rotatable bonds is 6. The zero-order valence-corrected chi connectivity index (χ0v) is 15.9. The first-order chi connectivity index (χ1) is 13.3. The van der Waals surface area contributed by atoms with E-state index in [1.54, 1.807) is 4.57 Å².